The Kier molecular flexibility index (Phi) is 10.5. The van der Waals surface area contributed by atoms with Gasteiger partial charge in [-0.15, -0.1) is 11.3 Å². The van der Waals surface area contributed by atoms with Gasteiger partial charge in [-0.2, -0.15) is 0 Å². The van der Waals surface area contributed by atoms with Gasteiger partial charge in [-0.25, -0.2) is 0 Å². The minimum atomic E-state index is -0.306. The van der Waals surface area contributed by atoms with E-state index in [4.69, 9.17) is 37.4 Å². The van der Waals surface area contributed by atoms with Gasteiger partial charge >= 0.3 is 0 Å². The number of hydrogen-bond acceptors (Lipinski definition) is 6. The van der Waals surface area contributed by atoms with Crippen LogP contribution in [-0.2, 0) is 22.5 Å². The fourth-order valence-corrected chi connectivity index (χ4v) is 5.80. The van der Waals surface area contributed by atoms with Gasteiger partial charge in [-0.1, -0.05) is 35.3 Å². The predicted octanol–water partition coefficient (Wildman–Crippen LogP) is 5.96. The van der Waals surface area contributed by atoms with Crippen LogP contribution in [0.5, 0.6) is 11.5 Å². The highest BCUT2D eigenvalue weighted by atomic mass is 35.5. The van der Waals surface area contributed by atoms with Crippen molar-refractivity contribution in [3.8, 4) is 11.5 Å². The summed E-state index contributed by atoms with van der Waals surface area (Å²) in [6, 6.07) is 14.4. The van der Waals surface area contributed by atoms with Gasteiger partial charge < -0.3 is 24.0 Å². The topological polar surface area (TPSA) is 68.3 Å². The number of methoxy groups -OCH3 is 2. The van der Waals surface area contributed by atoms with Crippen LogP contribution in [0, 0.1) is 0 Å². The highest BCUT2D eigenvalue weighted by Gasteiger charge is 2.27. The average Bonchev–Trinajstić information content (AvgIpc) is 3.64. The summed E-state index contributed by atoms with van der Waals surface area (Å²) in [5.41, 5.74) is 1.35. The lowest BCUT2D eigenvalue weighted by Gasteiger charge is -2.29. The highest BCUT2D eigenvalue weighted by molar-refractivity contribution is 7.09. The first-order chi connectivity index (χ1) is 18.9. The van der Waals surface area contributed by atoms with Crippen molar-refractivity contribution in [1.29, 1.82) is 0 Å². The summed E-state index contributed by atoms with van der Waals surface area (Å²) in [4.78, 5) is 31.8. The third kappa shape index (κ3) is 8.11. The summed E-state index contributed by atoms with van der Waals surface area (Å²) in [5, 5.41) is 2.72. The van der Waals surface area contributed by atoms with Gasteiger partial charge in [0.2, 0.25) is 5.91 Å². The zero-order valence-electron chi connectivity index (χ0n) is 22.0. The Morgan fingerprint density at radius 3 is 2.44 bits per heavy atom. The molecule has 4 rings (SSSR count). The van der Waals surface area contributed by atoms with E-state index in [0.29, 0.717) is 59.8 Å². The van der Waals surface area contributed by atoms with Crippen molar-refractivity contribution in [2.24, 2.45) is 0 Å². The SMILES string of the molecule is COc1ccc(CCN(Cc2cccs2)C(=O)CN(CC2CCCO2)C(=O)c2cc(Cl)cc(Cl)c2)cc1OC. The first-order valence-electron chi connectivity index (χ1n) is 12.7. The highest BCUT2D eigenvalue weighted by Crippen LogP contribution is 2.28. The number of nitrogens with zero attached hydrogens (tertiary/aromatic N) is 2. The normalized spacial score (nSPS) is 14.7. The monoisotopic (exact) mass is 590 g/mol. The standard InChI is InChI=1S/C29H32Cl2N2O5S/c1-36-26-8-7-20(13-27(26)37-2)9-10-32(18-25-6-4-12-39-25)28(34)19-33(17-24-5-3-11-38-24)29(35)21-14-22(30)16-23(31)15-21/h4,6-8,12-16,24H,3,5,9-11,17-19H2,1-2H3. The summed E-state index contributed by atoms with van der Waals surface area (Å²) in [6.07, 6.45) is 2.27. The van der Waals surface area contributed by atoms with E-state index in [1.807, 2.05) is 35.7 Å². The minimum absolute atomic E-state index is 0.0832. The van der Waals surface area contributed by atoms with E-state index >= 15 is 0 Å². The summed E-state index contributed by atoms with van der Waals surface area (Å²) in [7, 11) is 3.20. The Bertz CT molecular complexity index is 1240. The first-order valence-corrected chi connectivity index (χ1v) is 14.4. The maximum Gasteiger partial charge on any atom is 0.254 e. The molecule has 1 aliphatic heterocycles. The van der Waals surface area contributed by atoms with Crippen molar-refractivity contribution in [3.63, 3.8) is 0 Å². The van der Waals surface area contributed by atoms with Crippen LogP contribution in [-0.4, -0.2) is 68.2 Å². The quantitative estimate of drug-likeness (QED) is 0.260. The Morgan fingerprint density at radius 2 is 1.79 bits per heavy atom. The van der Waals surface area contributed by atoms with Gasteiger partial charge in [0.15, 0.2) is 11.5 Å². The summed E-state index contributed by atoms with van der Waals surface area (Å²) in [6.45, 7) is 1.81. The Hall–Kier alpha value is -2.78. The number of rotatable bonds is 12. The predicted molar refractivity (Wildman–Crippen MR) is 154 cm³/mol. The Balaban J connectivity index is 1.53. The fourth-order valence-electron chi connectivity index (χ4n) is 4.56. The molecule has 0 N–H and O–H groups in total. The van der Waals surface area contributed by atoms with Crippen molar-refractivity contribution in [2.45, 2.75) is 31.9 Å². The second-order valence-electron chi connectivity index (χ2n) is 9.31. The number of thiophene rings is 1. The van der Waals surface area contributed by atoms with Crippen LogP contribution >= 0.6 is 34.5 Å². The molecule has 1 atom stereocenters. The van der Waals surface area contributed by atoms with Crippen LogP contribution in [0.3, 0.4) is 0 Å². The van der Waals surface area contributed by atoms with Gasteiger partial charge in [-0.3, -0.25) is 9.59 Å². The largest absolute Gasteiger partial charge is 0.493 e. The molecule has 7 nitrogen and oxygen atoms in total. The molecule has 2 aromatic carbocycles. The van der Waals surface area contributed by atoms with Gasteiger partial charge in [0.25, 0.3) is 5.91 Å². The molecule has 10 heteroatoms. The smallest absolute Gasteiger partial charge is 0.254 e. The first kappa shape index (κ1) is 29.2. The van der Waals surface area contributed by atoms with E-state index in [9.17, 15) is 9.59 Å². The van der Waals surface area contributed by atoms with Gasteiger partial charge in [0.05, 0.1) is 26.9 Å². The second kappa shape index (κ2) is 14.0. The van der Waals surface area contributed by atoms with Crippen LogP contribution in [0.2, 0.25) is 10.0 Å². The lowest BCUT2D eigenvalue weighted by atomic mass is 10.1. The lowest BCUT2D eigenvalue weighted by Crippen LogP contribution is -2.45. The molecular weight excluding hydrogens is 559 g/mol. The third-order valence-electron chi connectivity index (χ3n) is 6.57. The number of halogens is 2. The molecule has 2 heterocycles. The average molecular weight is 592 g/mol. The lowest BCUT2D eigenvalue weighted by molar-refractivity contribution is -0.132. The maximum atomic E-state index is 13.8. The summed E-state index contributed by atoms with van der Waals surface area (Å²) < 4.78 is 16.6. The molecule has 208 valence electrons. The van der Waals surface area contributed by atoms with Crippen molar-refractivity contribution < 1.29 is 23.8 Å². The van der Waals surface area contributed by atoms with Crippen molar-refractivity contribution in [2.75, 3.05) is 40.5 Å². The van der Waals surface area contributed by atoms with Gasteiger partial charge in [0.1, 0.15) is 6.54 Å². The van der Waals surface area contributed by atoms with Crippen molar-refractivity contribution >= 4 is 46.4 Å². The van der Waals surface area contributed by atoms with E-state index in [1.54, 1.807) is 53.6 Å². The third-order valence-corrected chi connectivity index (χ3v) is 7.87. The molecule has 0 saturated carbocycles. The number of amides is 2. The molecule has 3 aromatic rings. The van der Waals surface area contributed by atoms with E-state index in [2.05, 4.69) is 0 Å². The Labute approximate surface area is 243 Å². The molecule has 1 unspecified atom stereocenters. The van der Waals surface area contributed by atoms with E-state index in [1.165, 1.54) is 0 Å². The molecule has 0 aliphatic carbocycles. The van der Waals surface area contributed by atoms with E-state index in [-0.39, 0.29) is 24.5 Å². The number of carbonyl (C=O) groups is 2. The number of benzene rings is 2. The maximum absolute atomic E-state index is 13.8. The molecular formula is C29H32Cl2N2O5S. The zero-order chi connectivity index (χ0) is 27.8. The second-order valence-corrected chi connectivity index (χ2v) is 11.2. The fraction of sp³-hybridized carbons (Fsp3) is 0.379. The minimum Gasteiger partial charge on any atom is -0.493 e. The van der Waals surface area contributed by atoms with Crippen LogP contribution in [0.15, 0.2) is 53.9 Å². The summed E-state index contributed by atoms with van der Waals surface area (Å²) >= 11 is 13.9. The van der Waals surface area contributed by atoms with Crippen LogP contribution in [0.25, 0.3) is 0 Å². The number of ether oxygens (including phenoxy) is 3. The van der Waals surface area contributed by atoms with Crippen molar-refractivity contribution in [3.05, 3.63) is 80.0 Å². The Morgan fingerprint density at radius 1 is 1.03 bits per heavy atom. The van der Waals surface area contributed by atoms with E-state index in [0.717, 1.165) is 23.3 Å². The molecule has 1 aromatic heterocycles. The molecule has 0 bridgehead atoms. The van der Waals surface area contributed by atoms with Crippen LogP contribution in [0.4, 0.5) is 0 Å². The van der Waals surface area contributed by atoms with Gasteiger partial charge in [0, 0.05) is 40.2 Å². The van der Waals surface area contributed by atoms with Crippen molar-refractivity contribution in [1.82, 2.24) is 9.80 Å². The number of hydrogen-bond donors (Lipinski definition) is 0. The summed E-state index contributed by atoms with van der Waals surface area (Å²) in [5.74, 6) is 0.833. The van der Waals surface area contributed by atoms with Gasteiger partial charge in [-0.05, 0) is 66.6 Å². The number of carbonyl (C=O) groups excluding carboxylic acids is 2. The molecule has 2 amide bonds. The van der Waals surface area contributed by atoms with Crippen LogP contribution in [0.1, 0.15) is 33.6 Å². The van der Waals surface area contributed by atoms with E-state index < -0.39 is 0 Å². The molecule has 39 heavy (non-hydrogen) atoms. The molecule has 1 saturated heterocycles. The molecule has 0 spiro atoms. The zero-order valence-corrected chi connectivity index (χ0v) is 24.4. The molecule has 1 fully saturated rings. The molecule has 0 radical (unpaired) electrons. The van der Waals surface area contributed by atoms with Crippen LogP contribution < -0.4 is 9.47 Å². The molecule has 1 aliphatic rings.